The summed E-state index contributed by atoms with van der Waals surface area (Å²) < 4.78 is 5.90. The molecule has 0 saturated heterocycles. The molecule has 0 bridgehead atoms. The Balaban J connectivity index is 1.72. The minimum atomic E-state index is 0.0282. The lowest BCUT2D eigenvalue weighted by molar-refractivity contribution is 0.0875. The average Bonchev–Trinajstić information content (AvgIpc) is 3.08. The monoisotopic (exact) mass is 313 g/mol. The molecule has 4 rings (SSSR count). The number of nitrogens with zero attached hydrogens (tertiary/aromatic N) is 4. The van der Waals surface area contributed by atoms with E-state index in [1.54, 1.807) is 17.5 Å². The number of hydrogen-bond acceptors (Lipinski definition) is 7. The van der Waals surface area contributed by atoms with Crippen molar-refractivity contribution in [3.05, 3.63) is 34.1 Å². The van der Waals surface area contributed by atoms with Crippen LogP contribution in [0.15, 0.2) is 22.8 Å². The van der Waals surface area contributed by atoms with Crippen LogP contribution in [0.2, 0.25) is 0 Å². The van der Waals surface area contributed by atoms with E-state index in [2.05, 4.69) is 27.2 Å². The number of hydrogen-bond donors (Lipinski definition) is 1. The predicted molar refractivity (Wildman–Crippen MR) is 86.8 cm³/mol. The van der Waals surface area contributed by atoms with Crippen molar-refractivity contribution in [3.63, 3.8) is 0 Å². The van der Waals surface area contributed by atoms with Gasteiger partial charge in [0.25, 0.3) is 0 Å². The van der Waals surface area contributed by atoms with Crippen LogP contribution in [0.1, 0.15) is 29.3 Å². The minimum Gasteiger partial charge on any atom is -0.368 e. The number of anilines is 2. The Bertz CT molecular complexity index is 795. The highest BCUT2D eigenvalue weighted by atomic mass is 32.1. The molecule has 0 radical (unpaired) electrons. The van der Waals surface area contributed by atoms with E-state index in [0.717, 1.165) is 27.0 Å². The highest BCUT2D eigenvalue weighted by Gasteiger charge is 2.27. The van der Waals surface area contributed by atoms with Crippen LogP contribution in [0, 0.1) is 6.92 Å². The molecular formula is C15H15N5OS. The van der Waals surface area contributed by atoms with E-state index in [0.29, 0.717) is 19.1 Å². The van der Waals surface area contributed by atoms with E-state index in [1.165, 1.54) is 5.57 Å². The van der Waals surface area contributed by atoms with Gasteiger partial charge in [-0.2, -0.15) is 0 Å². The zero-order valence-electron chi connectivity index (χ0n) is 12.3. The molecule has 22 heavy (non-hydrogen) atoms. The number of aliphatic imine (C=N–C) groups is 1. The Morgan fingerprint density at radius 1 is 1.36 bits per heavy atom. The molecule has 0 saturated carbocycles. The number of ether oxygens (including phenoxy) is 1. The lowest BCUT2D eigenvalue weighted by Crippen LogP contribution is -2.01. The summed E-state index contributed by atoms with van der Waals surface area (Å²) >= 11 is 1.58. The molecule has 4 heterocycles. The second kappa shape index (κ2) is 5.26. The molecule has 7 heteroatoms. The number of thiazole rings is 1. The van der Waals surface area contributed by atoms with Crippen LogP contribution in [-0.2, 0) is 4.74 Å². The Kier molecular flexibility index (Phi) is 3.24. The topological polar surface area (TPSA) is 72.3 Å². The average molecular weight is 313 g/mol. The summed E-state index contributed by atoms with van der Waals surface area (Å²) in [6, 6.07) is 1.87. The van der Waals surface area contributed by atoms with Crippen molar-refractivity contribution in [3.8, 4) is 0 Å². The molecule has 0 fully saturated rings. The van der Waals surface area contributed by atoms with Crippen molar-refractivity contribution in [2.24, 2.45) is 4.99 Å². The van der Waals surface area contributed by atoms with Crippen molar-refractivity contribution in [1.82, 2.24) is 15.0 Å². The maximum absolute atomic E-state index is 5.90. The first kappa shape index (κ1) is 13.5. The number of rotatable bonds is 2. The zero-order chi connectivity index (χ0) is 15.1. The molecule has 1 N–H and O–H groups in total. The van der Waals surface area contributed by atoms with Gasteiger partial charge in [0.15, 0.2) is 5.13 Å². The third-order valence-electron chi connectivity index (χ3n) is 3.68. The van der Waals surface area contributed by atoms with Crippen LogP contribution >= 0.6 is 11.3 Å². The summed E-state index contributed by atoms with van der Waals surface area (Å²) in [5.74, 6) is 0.562. The Morgan fingerprint density at radius 2 is 2.27 bits per heavy atom. The Morgan fingerprint density at radius 3 is 3.14 bits per heavy atom. The van der Waals surface area contributed by atoms with Gasteiger partial charge in [-0.15, -0.1) is 0 Å². The predicted octanol–water partition coefficient (Wildman–Crippen LogP) is 2.91. The van der Waals surface area contributed by atoms with Gasteiger partial charge in [-0.25, -0.2) is 15.0 Å². The van der Waals surface area contributed by atoms with Gasteiger partial charge in [0.2, 0.25) is 5.95 Å². The number of allylic oxidation sites excluding steroid dienone is 1. The SMILES string of the molecule is Cc1ccnc(Nc2nc3c(s2)C(C)OCC2=C3C=NC2)n1. The molecule has 0 aliphatic carbocycles. The molecular weight excluding hydrogens is 298 g/mol. The summed E-state index contributed by atoms with van der Waals surface area (Å²) in [4.78, 5) is 18.8. The molecule has 6 nitrogen and oxygen atoms in total. The van der Waals surface area contributed by atoms with Gasteiger partial charge in [-0.3, -0.25) is 4.99 Å². The van der Waals surface area contributed by atoms with E-state index in [-0.39, 0.29) is 6.10 Å². The van der Waals surface area contributed by atoms with Crippen molar-refractivity contribution in [2.45, 2.75) is 20.0 Å². The molecule has 0 spiro atoms. The lowest BCUT2D eigenvalue weighted by Gasteiger charge is -2.09. The van der Waals surface area contributed by atoms with Crippen LogP contribution in [0.3, 0.4) is 0 Å². The fraction of sp³-hybridized carbons (Fsp3) is 0.333. The molecule has 1 unspecified atom stereocenters. The molecule has 112 valence electrons. The summed E-state index contributed by atoms with van der Waals surface area (Å²) in [6.45, 7) is 5.33. The second-order valence-electron chi connectivity index (χ2n) is 5.32. The van der Waals surface area contributed by atoms with Crippen LogP contribution < -0.4 is 5.32 Å². The Labute approximate surface area is 132 Å². The third-order valence-corrected chi connectivity index (χ3v) is 4.81. The molecule has 1 atom stereocenters. The van der Waals surface area contributed by atoms with E-state index >= 15 is 0 Å². The molecule has 0 amide bonds. The maximum Gasteiger partial charge on any atom is 0.229 e. The summed E-state index contributed by atoms with van der Waals surface area (Å²) in [5.41, 5.74) is 4.20. The fourth-order valence-electron chi connectivity index (χ4n) is 2.54. The molecule has 0 aromatic carbocycles. The van der Waals surface area contributed by atoms with E-state index in [4.69, 9.17) is 9.72 Å². The maximum atomic E-state index is 5.90. The smallest absolute Gasteiger partial charge is 0.229 e. The number of fused-ring (bicyclic) bond motifs is 2. The summed E-state index contributed by atoms with van der Waals surface area (Å²) in [7, 11) is 0. The quantitative estimate of drug-likeness (QED) is 0.923. The summed E-state index contributed by atoms with van der Waals surface area (Å²) in [6.07, 6.45) is 3.67. The van der Waals surface area contributed by atoms with Gasteiger partial charge >= 0.3 is 0 Å². The minimum absolute atomic E-state index is 0.0282. The van der Waals surface area contributed by atoms with Gasteiger partial charge in [0.1, 0.15) is 0 Å². The first-order valence-electron chi connectivity index (χ1n) is 7.12. The highest BCUT2D eigenvalue weighted by Crippen LogP contribution is 2.39. The fourth-order valence-corrected chi connectivity index (χ4v) is 3.51. The van der Waals surface area contributed by atoms with Crippen LogP contribution in [-0.4, -0.2) is 34.3 Å². The normalized spacial score (nSPS) is 19.8. The number of aryl methyl sites for hydroxylation is 1. The van der Waals surface area contributed by atoms with Crippen molar-refractivity contribution in [1.29, 1.82) is 0 Å². The first-order chi connectivity index (χ1) is 10.7. The Hall–Kier alpha value is -2.12. The highest BCUT2D eigenvalue weighted by molar-refractivity contribution is 7.16. The van der Waals surface area contributed by atoms with E-state index in [1.807, 2.05) is 19.2 Å². The van der Waals surface area contributed by atoms with Crippen molar-refractivity contribution in [2.75, 3.05) is 18.5 Å². The van der Waals surface area contributed by atoms with E-state index < -0.39 is 0 Å². The van der Waals surface area contributed by atoms with Gasteiger partial charge in [0.05, 0.1) is 29.8 Å². The van der Waals surface area contributed by atoms with E-state index in [9.17, 15) is 0 Å². The molecule has 2 aromatic heterocycles. The van der Waals surface area contributed by atoms with Crippen molar-refractivity contribution >= 4 is 34.2 Å². The third kappa shape index (κ3) is 2.32. The number of nitrogens with one attached hydrogen (secondary N) is 1. The standard InChI is InChI=1S/C15H15N5OS/c1-8-3-4-17-14(18-8)20-15-19-12-11-6-16-5-10(11)7-21-9(2)13(12)22-15/h3-4,6,9H,5,7H2,1-2H3,(H,17,18,19,20). The molecule has 2 aromatic rings. The van der Waals surface area contributed by atoms with Gasteiger partial charge in [-0.05, 0) is 25.5 Å². The van der Waals surface area contributed by atoms with Gasteiger partial charge < -0.3 is 10.1 Å². The second-order valence-corrected chi connectivity index (χ2v) is 6.35. The zero-order valence-corrected chi connectivity index (χ0v) is 13.1. The van der Waals surface area contributed by atoms with Crippen molar-refractivity contribution < 1.29 is 4.74 Å². The summed E-state index contributed by atoms with van der Waals surface area (Å²) in [5, 5.41) is 3.96. The largest absolute Gasteiger partial charge is 0.368 e. The number of aromatic nitrogens is 3. The van der Waals surface area contributed by atoms with Gasteiger partial charge in [0, 0.05) is 23.7 Å². The lowest BCUT2D eigenvalue weighted by atomic mass is 10.1. The molecule has 2 aliphatic heterocycles. The first-order valence-corrected chi connectivity index (χ1v) is 7.93. The van der Waals surface area contributed by atoms with Crippen LogP contribution in [0.5, 0.6) is 0 Å². The van der Waals surface area contributed by atoms with Crippen LogP contribution in [0.4, 0.5) is 11.1 Å². The molecule has 2 aliphatic rings. The van der Waals surface area contributed by atoms with Crippen LogP contribution in [0.25, 0.3) is 5.57 Å². The van der Waals surface area contributed by atoms with Gasteiger partial charge in [-0.1, -0.05) is 11.3 Å².